The molecule has 1 heterocycles. The van der Waals surface area contributed by atoms with Gasteiger partial charge < -0.3 is 9.84 Å². The summed E-state index contributed by atoms with van der Waals surface area (Å²) in [5.41, 5.74) is -0.111. The van der Waals surface area contributed by atoms with Crippen molar-refractivity contribution < 1.29 is 14.6 Å². The van der Waals surface area contributed by atoms with Gasteiger partial charge in [-0.2, -0.15) is 0 Å². The Morgan fingerprint density at radius 1 is 1.06 bits per heavy atom. The molecule has 0 amide bonds. The number of ether oxygens (including phenoxy) is 1. The monoisotopic (exact) mass is 216 g/mol. The molecule has 0 aliphatic heterocycles. The van der Waals surface area contributed by atoms with Gasteiger partial charge in [-0.05, 0) is 18.2 Å². The molecule has 0 aliphatic rings. The summed E-state index contributed by atoms with van der Waals surface area (Å²) in [5.74, 6) is -0.227. The predicted molar refractivity (Wildman–Crippen MR) is 55.5 cm³/mol. The average Bonchev–Trinajstić information content (AvgIpc) is 2.31. The molecule has 2 aromatic rings. The molecule has 0 atom stereocenters. The lowest BCUT2D eigenvalue weighted by Crippen LogP contribution is -2.02. The molecule has 0 fully saturated rings. The van der Waals surface area contributed by atoms with E-state index in [-0.39, 0.29) is 11.6 Å². The van der Waals surface area contributed by atoms with Crippen LogP contribution in [0, 0.1) is 0 Å². The minimum absolute atomic E-state index is 0.111. The highest BCUT2D eigenvalue weighted by atomic mass is 16.5. The van der Waals surface area contributed by atoms with Crippen molar-refractivity contribution in [3.05, 3.63) is 48.2 Å². The molecule has 0 unspecified atom stereocenters. The van der Waals surface area contributed by atoms with E-state index in [4.69, 9.17) is 9.84 Å². The fourth-order valence-corrected chi connectivity index (χ4v) is 1.10. The number of hydrogen-bond acceptors (Lipinski definition) is 4. The summed E-state index contributed by atoms with van der Waals surface area (Å²) in [7, 11) is 0. The zero-order valence-corrected chi connectivity index (χ0v) is 8.20. The van der Waals surface area contributed by atoms with E-state index >= 15 is 0 Å². The molecule has 16 heavy (non-hydrogen) atoms. The standard InChI is InChI=1S/C11H8N2O3/c14-11(15)9-6-7-10(13-12-9)16-8-4-2-1-3-5-8/h1-7H,(H,14,15). The maximum atomic E-state index is 10.5. The van der Waals surface area contributed by atoms with Crippen molar-refractivity contribution in [2.45, 2.75) is 0 Å². The Bertz CT molecular complexity index is 482. The second kappa shape index (κ2) is 4.39. The molecule has 1 N–H and O–H groups in total. The highest BCUT2D eigenvalue weighted by molar-refractivity contribution is 5.84. The summed E-state index contributed by atoms with van der Waals surface area (Å²) in [6, 6.07) is 11.9. The van der Waals surface area contributed by atoms with E-state index in [9.17, 15) is 4.79 Å². The highest BCUT2D eigenvalue weighted by Crippen LogP contribution is 2.17. The van der Waals surface area contributed by atoms with Gasteiger partial charge in [0.15, 0.2) is 5.69 Å². The number of carboxylic acids is 1. The molecule has 0 aliphatic carbocycles. The van der Waals surface area contributed by atoms with E-state index in [2.05, 4.69) is 10.2 Å². The third-order valence-corrected chi connectivity index (χ3v) is 1.82. The van der Waals surface area contributed by atoms with Gasteiger partial charge in [-0.1, -0.05) is 18.2 Å². The van der Waals surface area contributed by atoms with Crippen LogP contribution in [-0.2, 0) is 0 Å². The van der Waals surface area contributed by atoms with Gasteiger partial charge in [-0.3, -0.25) is 0 Å². The Morgan fingerprint density at radius 2 is 1.81 bits per heavy atom. The molecule has 0 radical (unpaired) electrons. The van der Waals surface area contributed by atoms with Crippen LogP contribution in [0.3, 0.4) is 0 Å². The van der Waals surface area contributed by atoms with Gasteiger partial charge in [0.25, 0.3) is 0 Å². The van der Waals surface area contributed by atoms with Crippen LogP contribution in [0.4, 0.5) is 0 Å². The zero-order chi connectivity index (χ0) is 11.4. The van der Waals surface area contributed by atoms with E-state index in [1.165, 1.54) is 12.1 Å². The summed E-state index contributed by atoms with van der Waals surface area (Å²) in [6.45, 7) is 0. The topological polar surface area (TPSA) is 72.3 Å². The first kappa shape index (κ1) is 10.1. The number of rotatable bonds is 3. The third kappa shape index (κ3) is 2.33. The van der Waals surface area contributed by atoms with Gasteiger partial charge in [-0.25, -0.2) is 4.79 Å². The second-order valence-electron chi connectivity index (χ2n) is 2.98. The van der Waals surface area contributed by atoms with Crippen molar-refractivity contribution in [3.63, 3.8) is 0 Å². The first-order valence-electron chi connectivity index (χ1n) is 4.55. The predicted octanol–water partition coefficient (Wildman–Crippen LogP) is 1.97. The lowest BCUT2D eigenvalue weighted by atomic mass is 10.3. The van der Waals surface area contributed by atoms with Crippen LogP contribution in [-0.4, -0.2) is 21.3 Å². The van der Waals surface area contributed by atoms with E-state index in [1.54, 1.807) is 12.1 Å². The molecular formula is C11H8N2O3. The van der Waals surface area contributed by atoms with Crippen molar-refractivity contribution in [2.24, 2.45) is 0 Å². The molecular weight excluding hydrogens is 208 g/mol. The molecule has 0 saturated heterocycles. The van der Waals surface area contributed by atoms with Crippen LogP contribution < -0.4 is 4.74 Å². The number of carbonyl (C=O) groups is 1. The van der Waals surface area contributed by atoms with Crippen LogP contribution in [0.15, 0.2) is 42.5 Å². The number of carboxylic acid groups (broad SMARTS) is 1. The smallest absolute Gasteiger partial charge is 0.356 e. The molecule has 5 nitrogen and oxygen atoms in total. The quantitative estimate of drug-likeness (QED) is 0.849. The lowest BCUT2D eigenvalue weighted by molar-refractivity contribution is 0.0689. The Kier molecular flexibility index (Phi) is 2.77. The molecule has 5 heteroatoms. The molecule has 0 saturated carbocycles. The molecule has 80 valence electrons. The van der Waals surface area contributed by atoms with E-state index < -0.39 is 5.97 Å². The van der Waals surface area contributed by atoms with Gasteiger partial charge in [-0.15, -0.1) is 10.2 Å². The van der Waals surface area contributed by atoms with Gasteiger partial charge in [0, 0.05) is 6.07 Å². The normalized spacial score (nSPS) is 9.75. The Labute approximate surface area is 91.3 Å². The van der Waals surface area contributed by atoms with Crippen LogP contribution in [0.2, 0.25) is 0 Å². The van der Waals surface area contributed by atoms with Gasteiger partial charge in [0.1, 0.15) is 5.75 Å². The maximum absolute atomic E-state index is 10.5. The molecule has 2 rings (SSSR count). The number of nitrogens with zero attached hydrogens (tertiary/aromatic N) is 2. The largest absolute Gasteiger partial charge is 0.476 e. The summed E-state index contributed by atoms with van der Waals surface area (Å²) in [4.78, 5) is 10.5. The van der Waals surface area contributed by atoms with Crippen LogP contribution in [0.5, 0.6) is 11.6 Å². The van der Waals surface area contributed by atoms with Crippen LogP contribution >= 0.6 is 0 Å². The fourth-order valence-electron chi connectivity index (χ4n) is 1.10. The van der Waals surface area contributed by atoms with Gasteiger partial charge in [0.2, 0.25) is 5.88 Å². The van der Waals surface area contributed by atoms with Crippen molar-refractivity contribution in [1.29, 1.82) is 0 Å². The minimum Gasteiger partial charge on any atom is -0.476 e. The van der Waals surface area contributed by atoms with E-state index in [0.717, 1.165) is 0 Å². The first-order valence-corrected chi connectivity index (χ1v) is 4.55. The van der Waals surface area contributed by atoms with Crippen molar-refractivity contribution in [2.75, 3.05) is 0 Å². The minimum atomic E-state index is -1.11. The van der Waals surface area contributed by atoms with Gasteiger partial charge in [0.05, 0.1) is 0 Å². The van der Waals surface area contributed by atoms with Crippen LogP contribution in [0.1, 0.15) is 10.5 Å². The molecule has 1 aromatic heterocycles. The van der Waals surface area contributed by atoms with Crippen molar-refractivity contribution in [3.8, 4) is 11.6 Å². The third-order valence-electron chi connectivity index (χ3n) is 1.82. The number of aromatic carboxylic acids is 1. The maximum Gasteiger partial charge on any atom is 0.356 e. The van der Waals surface area contributed by atoms with E-state index in [1.807, 2.05) is 18.2 Å². The van der Waals surface area contributed by atoms with E-state index in [0.29, 0.717) is 5.75 Å². The first-order chi connectivity index (χ1) is 7.75. The average molecular weight is 216 g/mol. The lowest BCUT2D eigenvalue weighted by Gasteiger charge is -2.02. The summed E-state index contributed by atoms with van der Waals surface area (Å²) in [6.07, 6.45) is 0. The zero-order valence-electron chi connectivity index (χ0n) is 8.20. The molecule has 0 bridgehead atoms. The Morgan fingerprint density at radius 3 is 2.38 bits per heavy atom. The number of aromatic nitrogens is 2. The number of para-hydroxylation sites is 1. The highest BCUT2D eigenvalue weighted by Gasteiger charge is 2.05. The van der Waals surface area contributed by atoms with Crippen molar-refractivity contribution in [1.82, 2.24) is 10.2 Å². The van der Waals surface area contributed by atoms with Gasteiger partial charge >= 0.3 is 5.97 Å². The second-order valence-corrected chi connectivity index (χ2v) is 2.98. The summed E-state index contributed by atoms with van der Waals surface area (Å²) < 4.78 is 5.35. The SMILES string of the molecule is O=C(O)c1ccc(Oc2ccccc2)nn1. The van der Waals surface area contributed by atoms with Crippen LogP contribution in [0.25, 0.3) is 0 Å². The fraction of sp³-hybridized carbons (Fsp3) is 0. The molecule has 1 aromatic carbocycles. The number of benzene rings is 1. The Hall–Kier alpha value is -2.43. The summed E-state index contributed by atoms with van der Waals surface area (Å²) in [5, 5.41) is 15.8. The Balaban J connectivity index is 2.14. The molecule has 0 spiro atoms. The number of hydrogen-bond donors (Lipinski definition) is 1. The van der Waals surface area contributed by atoms with Crippen molar-refractivity contribution >= 4 is 5.97 Å². The summed E-state index contributed by atoms with van der Waals surface area (Å²) >= 11 is 0.